The summed E-state index contributed by atoms with van der Waals surface area (Å²) in [5.74, 6) is -3.13. The Morgan fingerprint density at radius 2 is 0.859 bits per heavy atom. The second kappa shape index (κ2) is 47.9. The number of carboxylic acid groups (broad SMARTS) is 1. The molecule has 3 N–H and O–H groups in total. The van der Waals surface area contributed by atoms with E-state index in [1.54, 1.807) is 0 Å². The number of aliphatic carboxylic acids is 1. The summed E-state index contributed by atoms with van der Waals surface area (Å²) in [7, 11) is 0. The number of unbranched alkanes of at least 4 members (excludes halogenated alkanes) is 29. The minimum atomic E-state index is -1.90. The molecule has 0 bridgehead atoms. The number of carbonyl (C=O) groups excluding carboxylic acids is 3. The Bertz CT molecular complexity index is 1380. The molecule has 412 valence electrons. The molecule has 0 spiro atoms. The third kappa shape index (κ3) is 38.2. The van der Waals surface area contributed by atoms with E-state index in [9.17, 15) is 34.5 Å². The standard InChI is InChI=1S/C59H104O12/c1-4-7-10-13-16-19-22-24-26-28-31-33-36-39-42-45-51(60)67-48-50(69-52(61)46-43-40-37-35-32-29-27-25-23-20-17-14-11-8-5-2)49-68-59-57(55(64)54(63)56(71-59)58(65)66)70-53(62)47-44-41-38-34-30-21-18-15-12-9-6-3/h15-16,18-19,24,26,50,54-57,59,63-64H,4-14,17,20-23,25,27-49H2,1-3H3,(H,65,66)/b18-15-,19-16-,26-24-. The molecule has 0 aromatic heterocycles. The topological polar surface area (TPSA) is 175 Å². The van der Waals surface area contributed by atoms with Crippen molar-refractivity contribution < 1.29 is 58.2 Å². The average molecular weight is 1010 g/mol. The van der Waals surface area contributed by atoms with Gasteiger partial charge in [0.05, 0.1) is 6.61 Å². The lowest BCUT2D eigenvalue weighted by molar-refractivity contribution is -0.301. The summed E-state index contributed by atoms with van der Waals surface area (Å²) < 4.78 is 28.4. The predicted octanol–water partition coefficient (Wildman–Crippen LogP) is 14.5. The third-order valence-corrected chi connectivity index (χ3v) is 13.2. The summed E-state index contributed by atoms with van der Waals surface area (Å²) in [5.41, 5.74) is 0. The Labute approximate surface area is 431 Å². The van der Waals surface area contributed by atoms with Crippen LogP contribution in [-0.2, 0) is 42.9 Å². The number of ether oxygens (including phenoxy) is 5. The zero-order valence-corrected chi connectivity index (χ0v) is 45.2. The van der Waals surface area contributed by atoms with Gasteiger partial charge in [0.15, 0.2) is 24.6 Å². The van der Waals surface area contributed by atoms with Crippen molar-refractivity contribution in [2.24, 2.45) is 0 Å². The van der Waals surface area contributed by atoms with Gasteiger partial charge in [0, 0.05) is 19.3 Å². The Hall–Kier alpha value is -3.06. The maximum atomic E-state index is 13.1. The van der Waals surface area contributed by atoms with Gasteiger partial charge in [-0.25, -0.2) is 4.79 Å². The van der Waals surface area contributed by atoms with Gasteiger partial charge in [0.25, 0.3) is 0 Å². The second-order valence-corrected chi connectivity index (χ2v) is 19.9. The van der Waals surface area contributed by atoms with Crippen molar-refractivity contribution in [3.05, 3.63) is 36.5 Å². The molecule has 0 aliphatic carbocycles. The molecule has 0 aromatic carbocycles. The number of allylic oxidation sites excluding steroid dienone is 6. The fourth-order valence-corrected chi connectivity index (χ4v) is 8.67. The summed E-state index contributed by atoms with van der Waals surface area (Å²) in [6.45, 7) is 5.92. The van der Waals surface area contributed by atoms with Crippen molar-refractivity contribution in [1.82, 2.24) is 0 Å². The van der Waals surface area contributed by atoms with E-state index >= 15 is 0 Å². The van der Waals surface area contributed by atoms with Gasteiger partial charge in [-0.2, -0.15) is 0 Å². The van der Waals surface area contributed by atoms with E-state index in [1.807, 2.05) is 0 Å². The van der Waals surface area contributed by atoms with Crippen LogP contribution in [0.2, 0.25) is 0 Å². The molecule has 0 saturated carbocycles. The predicted molar refractivity (Wildman–Crippen MR) is 285 cm³/mol. The minimum absolute atomic E-state index is 0.0511. The largest absolute Gasteiger partial charge is 0.479 e. The summed E-state index contributed by atoms with van der Waals surface area (Å²) in [6, 6.07) is 0. The van der Waals surface area contributed by atoms with Crippen molar-refractivity contribution in [3.63, 3.8) is 0 Å². The molecule has 12 heteroatoms. The van der Waals surface area contributed by atoms with E-state index < -0.39 is 67.3 Å². The fourth-order valence-electron chi connectivity index (χ4n) is 8.67. The van der Waals surface area contributed by atoms with Crippen LogP contribution in [-0.4, -0.2) is 89.2 Å². The second-order valence-electron chi connectivity index (χ2n) is 19.9. The highest BCUT2D eigenvalue weighted by Gasteiger charge is 2.50. The van der Waals surface area contributed by atoms with Crippen molar-refractivity contribution >= 4 is 23.9 Å². The van der Waals surface area contributed by atoms with Crippen LogP contribution in [0.5, 0.6) is 0 Å². The van der Waals surface area contributed by atoms with Crippen LogP contribution in [0.4, 0.5) is 0 Å². The number of esters is 3. The minimum Gasteiger partial charge on any atom is -0.479 e. The lowest BCUT2D eigenvalue weighted by atomic mass is 9.98. The Balaban J connectivity index is 2.70. The molecule has 1 aliphatic heterocycles. The van der Waals surface area contributed by atoms with Crippen LogP contribution < -0.4 is 0 Å². The molecule has 1 saturated heterocycles. The highest BCUT2D eigenvalue weighted by molar-refractivity contribution is 5.74. The maximum absolute atomic E-state index is 13.1. The molecule has 1 heterocycles. The van der Waals surface area contributed by atoms with Gasteiger partial charge in [0.1, 0.15) is 18.8 Å². The van der Waals surface area contributed by atoms with Gasteiger partial charge in [-0.05, 0) is 70.6 Å². The van der Waals surface area contributed by atoms with E-state index in [0.717, 1.165) is 103 Å². The van der Waals surface area contributed by atoms with Gasteiger partial charge in [-0.1, -0.05) is 211 Å². The van der Waals surface area contributed by atoms with Gasteiger partial charge >= 0.3 is 23.9 Å². The summed E-state index contributed by atoms with van der Waals surface area (Å²) in [5, 5.41) is 31.4. The normalized spacial score (nSPS) is 18.7. The lowest BCUT2D eigenvalue weighted by Crippen LogP contribution is -2.61. The molecule has 1 rings (SSSR count). The Kier molecular flexibility index (Phi) is 44.5. The highest BCUT2D eigenvalue weighted by Crippen LogP contribution is 2.26. The maximum Gasteiger partial charge on any atom is 0.335 e. The molecule has 6 atom stereocenters. The van der Waals surface area contributed by atoms with Crippen LogP contribution in [0.15, 0.2) is 36.5 Å². The molecule has 12 nitrogen and oxygen atoms in total. The number of carbonyl (C=O) groups is 4. The molecule has 71 heavy (non-hydrogen) atoms. The van der Waals surface area contributed by atoms with Gasteiger partial charge in [-0.3, -0.25) is 14.4 Å². The molecular weight excluding hydrogens is 901 g/mol. The average Bonchev–Trinajstić information content (AvgIpc) is 3.35. The fraction of sp³-hybridized carbons (Fsp3) is 0.831. The summed E-state index contributed by atoms with van der Waals surface area (Å²) in [6.07, 6.45) is 42.6. The van der Waals surface area contributed by atoms with Crippen molar-refractivity contribution in [1.29, 1.82) is 0 Å². The summed E-state index contributed by atoms with van der Waals surface area (Å²) in [4.78, 5) is 51.0. The molecule has 0 aromatic rings. The molecular formula is C59H104O12. The Morgan fingerprint density at radius 1 is 0.465 bits per heavy atom. The zero-order chi connectivity index (χ0) is 51.8. The molecule has 1 aliphatic rings. The zero-order valence-electron chi connectivity index (χ0n) is 45.2. The van der Waals surface area contributed by atoms with E-state index in [0.29, 0.717) is 19.3 Å². The quantitative estimate of drug-likeness (QED) is 0.0228. The first-order valence-electron chi connectivity index (χ1n) is 29.0. The summed E-state index contributed by atoms with van der Waals surface area (Å²) >= 11 is 0. The van der Waals surface area contributed by atoms with Crippen LogP contribution >= 0.6 is 0 Å². The van der Waals surface area contributed by atoms with Crippen molar-refractivity contribution in [3.8, 4) is 0 Å². The van der Waals surface area contributed by atoms with Crippen LogP contribution in [0.25, 0.3) is 0 Å². The number of hydrogen-bond acceptors (Lipinski definition) is 11. The van der Waals surface area contributed by atoms with E-state index in [4.69, 9.17) is 23.7 Å². The number of aliphatic hydroxyl groups excluding tert-OH is 2. The SMILES string of the molecule is CCCC/C=C\CCCCCCCC(=O)OC1C(OCC(COC(=O)CCCCCCC/C=C\C/C=C\CCCCC)OC(=O)CCCCCCCCCCCCCCCCC)OC(C(=O)O)C(O)C1O. The monoisotopic (exact) mass is 1000 g/mol. The first-order valence-corrected chi connectivity index (χ1v) is 29.0. The van der Waals surface area contributed by atoms with Gasteiger partial charge in [-0.15, -0.1) is 0 Å². The van der Waals surface area contributed by atoms with Crippen molar-refractivity contribution in [2.45, 2.75) is 302 Å². The molecule has 1 fully saturated rings. The lowest BCUT2D eigenvalue weighted by Gasteiger charge is -2.40. The molecule has 0 amide bonds. The number of carboxylic acids is 1. The van der Waals surface area contributed by atoms with Crippen LogP contribution in [0.1, 0.15) is 265 Å². The highest BCUT2D eigenvalue weighted by atomic mass is 16.7. The first-order chi connectivity index (χ1) is 34.6. The number of aliphatic hydroxyl groups is 2. The van der Waals surface area contributed by atoms with E-state index in [-0.39, 0.29) is 25.9 Å². The van der Waals surface area contributed by atoms with Gasteiger partial charge < -0.3 is 39.0 Å². The van der Waals surface area contributed by atoms with Crippen LogP contribution in [0, 0.1) is 0 Å². The number of hydrogen-bond donors (Lipinski definition) is 3. The smallest absolute Gasteiger partial charge is 0.335 e. The van der Waals surface area contributed by atoms with Crippen LogP contribution in [0.3, 0.4) is 0 Å². The first kappa shape index (κ1) is 66.0. The van der Waals surface area contributed by atoms with E-state index in [2.05, 4.69) is 57.2 Å². The molecule has 6 unspecified atom stereocenters. The van der Waals surface area contributed by atoms with E-state index in [1.165, 1.54) is 103 Å². The van der Waals surface area contributed by atoms with Gasteiger partial charge in [0.2, 0.25) is 0 Å². The third-order valence-electron chi connectivity index (χ3n) is 13.2. The van der Waals surface area contributed by atoms with Crippen molar-refractivity contribution in [2.75, 3.05) is 13.2 Å². The molecule has 0 radical (unpaired) electrons. The number of rotatable bonds is 49. The Morgan fingerprint density at radius 3 is 1.35 bits per heavy atom.